The zero-order chi connectivity index (χ0) is 24.2. The van der Waals surface area contributed by atoms with E-state index in [9.17, 15) is 19.5 Å². The third-order valence-electron chi connectivity index (χ3n) is 6.13. The van der Waals surface area contributed by atoms with Crippen LogP contribution < -0.4 is 21.7 Å². The molecule has 3 rings (SSSR count). The van der Waals surface area contributed by atoms with Crippen LogP contribution in [-0.2, 0) is 4.79 Å². The maximum Gasteiger partial charge on any atom is 0.323 e. The highest BCUT2D eigenvalue weighted by atomic mass is 16.4. The number of carboxylic acid groups (broad SMARTS) is 1. The van der Waals surface area contributed by atoms with Crippen LogP contribution in [0, 0.1) is 20.8 Å². The van der Waals surface area contributed by atoms with E-state index in [4.69, 9.17) is 5.73 Å². The molecule has 0 radical (unpaired) electrons. The van der Waals surface area contributed by atoms with Crippen molar-refractivity contribution in [2.75, 3.05) is 16.4 Å². The largest absolute Gasteiger partial charge is 0.481 e. The fourth-order valence-electron chi connectivity index (χ4n) is 4.68. The minimum absolute atomic E-state index is 0.136. The summed E-state index contributed by atoms with van der Waals surface area (Å²) in [6.07, 6.45) is 3.81. The maximum atomic E-state index is 13.2. The summed E-state index contributed by atoms with van der Waals surface area (Å²) >= 11 is 0. The lowest BCUT2D eigenvalue weighted by Gasteiger charge is -2.37. The van der Waals surface area contributed by atoms with E-state index >= 15 is 0 Å². The number of benzene rings is 2. The van der Waals surface area contributed by atoms with Crippen molar-refractivity contribution in [2.45, 2.75) is 64.8 Å². The zero-order valence-corrected chi connectivity index (χ0v) is 19.4. The lowest BCUT2D eigenvalue weighted by molar-refractivity contribution is -0.139. The van der Waals surface area contributed by atoms with Crippen LogP contribution in [0.5, 0.6) is 0 Å². The number of hydrogen-bond acceptors (Lipinski definition) is 4. The van der Waals surface area contributed by atoms with Crippen molar-refractivity contribution in [3.63, 3.8) is 0 Å². The minimum Gasteiger partial charge on any atom is -0.481 e. The highest BCUT2D eigenvalue weighted by Crippen LogP contribution is 2.32. The van der Waals surface area contributed by atoms with Gasteiger partial charge in [0.15, 0.2) is 0 Å². The van der Waals surface area contributed by atoms with Crippen molar-refractivity contribution in [3.8, 4) is 0 Å². The Kier molecular flexibility index (Phi) is 7.26. The summed E-state index contributed by atoms with van der Waals surface area (Å²) in [5, 5.41) is 17.9. The molecule has 0 bridgehead atoms. The Morgan fingerprint density at radius 1 is 0.970 bits per heavy atom. The van der Waals surface area contributed by atoms with Crippen molar-refractivity contribution in [2.24, 2.45) is 0 Å². The molecular formula is C25H32N4O4. The highest BCUT2D eigenvalue weighted by Gasteiger charge is 2.36. The number of nitrogens with one attached hydrogen (secondary N) is 3. The second kappa shape index (κ2) is 9.94. The molecule has 3 amide bonds. The molecule has 8 heteroatoms. The fourth-order valence-corrected chi connectivity index (χ4v) is 4.68. The molecule has 6 N–H and O–H groups in total. The van der Waals surface area contributed by atoms with Crippen LogP contribution in [0.1, 0.15) is 65.6 Å². The molecule has 1 fully saturated rings. The Hall–Kier alpha value is -3.55. The molecule has 176 valence electrons. The van der Waals surface area contributed by atoms with Gasteiger partial charge in [0.25, 0.3) is 5.91 Å². The van der Waals surface area contributed by atoms with Crippen LogP contribution in [0.15, 0.2) is 30.3 Å². The van der Waals surface area contributed by atoms with Crippen LogP contribution >= 0.6 is 0 Å². The monoisotopic (exact) mass is 452 g/mol. The highest BCUT2D eigenvalue weighted by molar-refractivity contribution is 6.07. The summed E-state index contributed by atoms with van der Waals surface area (Å²) in [7, 11) is 0. The average Bonchev–Trinajstić information content (AvgIpc) is 2.70. The van der Waals surface area contributed by atoms with Gasteiger partial charge in [-0.15, -0.1) is 0 Å². The molecular weight excluding hydrogens is 420 g/mol. The Bertz CT molecular complexity index is 1050. The first-order valence-corrected chi connectivity index (χ1v) is 11.2. The molecule has 1 aliphatic rings. The Morgan fingerprint density at radius 2 is 1.61 bits per heavy atom. The molecule has 0 aliphatic heterocycles. The van der Waals surface area contributed by atoms with Crippen molar-refractivity contribution >= 4 is 35.0 Å². The van der Waals surface area contributed by atoms with Crippen molar-refractivity contribution < 1.29 is 19.5 Å². The second-order valence-corrected chi connectivity index (χ2v) is 9.02. The second-order valence-electron chi connectivity index (χ2n) is 9.02. The fraction of sp³-hybridized carbons (Fsp3) is 0.400. The smallest absolute Gasteiger partial charge is 0.323 e. The summed E-state index contributed by atoms with van der Waals surface area (Å²) < 4.78 is 0. The van der Waals surface area contributed by atoms with Crippen molar-refractivity contribution in [3.05, 3.63) is 52.6 Å². The topological polar surface area (TPSA) is 134 Å². The molecule has 0 spiro atoms. The summed E-state index contributed by atoms with van der Waals surface area (Å²) in [5.41, 5.74) is 9.67. The molecule has 0 unspecified atom stereocenters. The van der Waals surface area contributed by atoms with Gasteiger partial charge in [0.1, 0.15) is 0 Å². The van der Waals surface area contributed by atoms with Gasteiger partial charge in [-0.25, -0.2) is 4.79 Å². The summed E-state index contributed by atoms with van der Waals surface area (Å²) in [5.74, 6) is -1.38. The number of carboxylic acids is 1. The normalized spacial score (nSPS) is 14.9. The Balaban J connectivity index is 1.82. The zero-order valence-electron chi connectivity index (χ0n) is 19.4. The van der Waals surface area contributed by atoms with Crippen LogP contribution in [0.2, 0.25) is 0 Å². The standard InChI is InChI=1S/C25H32N4O4/c1-15-11-16(2)22(17(3)12-15)28-24(33)27-20-13-18(26)7-8-19(20)23(32)29-25(14-21(30)31)9-5-4-6-10-25/h7-8,11-13H,4-6,9-10,14,26H2,1-3H3,(H,29,32)(H,30,31)(H2,27,28,33). The van der Waals surface area contributed by atoms with Gasteiger partial charge in [0.05, 0.1) is 23.2 Å². The van der Waals surface area contributed by atoms with Gasteiger partial charge in [-0.3, -0.25) is 9.59 Å². The van der Waals surface area contributed by atoms with E-state index in [1.807, 2.05) is 32.9 Å². The molecule has 0 heterocycles. The number of nitrogens with two attached hydrogens (primary N) is 1. The number of rotatable bonds is 6. The summed E-state index contributed by atoms with van der Waals surface area (Å²) in [6, 6.07) is 8.11. The molecule has 1 aliphatic carbocycles. The van der Waals surface area contributed by atoms with Gasteiger partial charge in [-0.05, 0) is 62.9 Å². The SMILES string of the molecule is Cc1cc(C)c(NC(=O)Nc2cc(N)ccc2C(=O)NC2(CC(=O)O)CCCCC2)c(C)c1. The lowest BCUT2D eigenvalue weighted by atomic mass is 9.79. The lowest BCUT2D eigenvalue weighted by Crippen LogP contribution is -2.51. The third-order valence-corrected chi connectivity index (χ3v) is 6.13. The minimum atomic E-state index is -0.948. The summed E-state index contributed by atoms with van der Waals surface area (Å²) in [6.45, 7) is 5.83. The quantitative estimate of drug-likeness (QED) is 0.404. The maximum absolute atomic E-state index is 13.2. The van der Waals surface area contributed by atoms with Crippen LogP contribution in [0.3, 0.4) is 0 Å². The van der Waals surface area contributed by atoms with E-state index in [-0.39, 0.29) is 17.7 Å². The first-order chi connectivity index (χ1) is 15.6. The predicted molar refractivity (Wildman–Crippen MR) is 130 cm³/mol. The van der Waals surface area contributed by atoms with Gasteiger partial charge >= 0.3 is 12.0 Å². The van der Waals surface area contributed by atoms with E-state index in [1.54, 1.807) is 12.1 Å². The number of carbonyl (C=O) groups excluding carboxylic acids is 2. The first kappa shape index (κ1) is 24.1. The van der Waals surface area contributed by atoms with Gasteiger partial charge in [-0.1, -0.05) is 37.0 Å². The molecule has 1 saturated carbocycles. The molecule has 2 aromatic carbocycles. The number of hydrogen-bond donors (Lipinski definition) is 5. The van der Waals surface area contributed by atoms with Gasteiger partial charge < -0.3 is 26.8 Å². The van der Waals surface area contributed by atoms with Crippen molar-refractivity contribution in [1.29, 1.82) is 0 Å². The third kappa shape index (κ3) is 6.03. The molecule has 0 aromatic heterocycles. The number of nitrogen functional groups attached to an aromatic ring is 1. The molecule has 0 atom stereocenters. The number of urea groups is 1. The van der Waals surface area contributed by atoms with E-state index < -0.39 is 23.4 Å². The molecule has 2 aromatic rings. The average molecular weight is 453 g/mol. The summed E-state index contributed by atoms with van der Waals surface area (Å²) in [4.78, 5) is 37.4. The van der Waals surface area contributed by atoms with E-state index in [0.29, 0.717) is 24.2 Å². The first-order valence-electron chi connectivity index (χ1n) is 11.2. The number of carbonyl (C=O) groups is 3. The number of aryl methyl sites for hydroxylation is 3. The molecule has 0 saturated heterocycles. The van der Waals surface area contributed by atoms with E-state index in [1.165, 1.54) is 6.07 Å². The number of amides is 3. The van der Waals surface area contributed by atoms with Crippen LogP contribution in [0.25, 0.3) is 0 Å². The van der Waals surface area contributed by atoms with Crippen LogP contribution in [-0.4, -0.2) is 28.6 Å². The van der Waals surface area contributed by atoms with E-state index in [2.05, 4.69) is 16.0 Å². The Morgan fingerprint density at radius 3 is 2.21 bits per heavy atom. The Labute approximate surface area is 193 Å². The van der Waals surface area contributed by atoms with Crippen molar-refractivity contribution in [1.82, 2.24) is 5.32 Å². The molecule has 33 heavy (non-hydrogen) atoms. The van der Waals surface area contributed by atoms with Gasteiger partial charge in [-0.2, -0.15) is 0 Å². The number of aliphatic carboxylic acids is 1. The molecule has 8 nitrogen and oxygen atoms in total. The predicted octanol–water partition coefficient (Wildman–Crippen LogP) is 4.75. The number of anilines is 3. The van der Waals surface area contributed by atoms with Gasteiger partial charge in [0.2, 0.25) is 0 Å². The van der Waals surface area contributed by atoms with Gasteiger partial charge in [0, 0.05) is 11.4 Å². The van der Waals surface area contributed by atoms with E-state index in [0.717, 1.165) is 36.0 Å². The van der Waals surface area contributed by atoms with Crippen LogP contribution in [0.4, 0.5) is 21.9 Å².